The molecular weight excluding hydrogens is 799 g/mol. The Bertz CT molecular complexity index is 1730. The summed E-state index contributed by atoms with van der Waals surface area (Å²) in [7, 11) is -4.70. The first kappa shape index (κ1) is 49.7. The monoisotopic (exact) mass is 862 g/mol. The molecule has 0 radical (unpaired) electrons. The smallest absolute Gasteiger partial charge is 0.394 e. The van der Waals surface area contributed by atoms with Gasteiger partial charge in [-0.2, -0.15) is 0 Å². The number of unbranched alkanes of at least 4 members (excludes halogenated alkanes) is 5. The number of aromatic nitrogens is 2. The van der Waals surface area contributed by atoms with Crippen LogP contribution in [0.5, 0.6) is 0 Å². The average Bonchev–Trinajstić information content (AvgIpc) is 3.91. The zero-order valence-corrected chi connectivity index (χ0v) is 35.9. The first-order valence-electron chi connectivity index (χ1n) is 20.6. The molecule has 0 aliphatic carbocycles. The Morgan fingerprint density at radius 3 is 2.17 bits per heavy atom. The van der Waals surface area contributed by atoms with Crippen molar-refractivity contribution in [2.45, 2.75) is 135 Å². The lowest BCUT2D eigenvalue weighted by atomic mass is 10.0. The number of aliphatic hydroxyl groups is 1. The highest BCUT2D eigenvalue weighted by Crippen LogP contribution is 2.45. The summed E-state index contributed by atoms with van der Waals surface area (Å²) in [5.74, 6) is -4.69. The summed E-state index contributed by atoms with van der Waals surface area (Å²) in [6, 6.07) is 3.65. The summed E-state index contributed by atoms with van der Waals surface area (Å²) in [4.78, 5) is 97.1. The van der Waals surface area contributed by atoms with E-state index in [1.807, 2.05) is 32.0 Å². The van der Waals surface area contributed by atoms with Crippen molar-refractivity contribution in [3.05, 3.63) is 54.1 Å². The van der Waals surface area contributed by atoms with E-state index in [0.29, 0.717) is 31.5 Å². The second kappa shape index (κ2) is 25.2. The molecule has 1 aliphatic heterocycles. The van der Waals surface area contributed by atoms with Crippen LogP contribution in [0.4, 0.5) is 0 Å². The Kier molecular flexibility index (Phi) is 20.8. The second-order valence-corrected chi connectivity index (χ2v) is 16.9. The molecule has 6 amide bonds. The first-order valence-corrected chi connectivity index (χ1v) is 22.1. The number of hydrogen-bond acceptors (Lipinski definition) is 11. The summed E-state index contributed by atoms with van der Waals surface area (Å²) in [5.41, 5.74) is 7.23. The van der Waals surface area contributed by atoms with E-state index in [0.717, 1.165) is 38.5 Å². The van der Waals surface area contributed by atoms with Gasteiger partial charge in [-0.1, -0.05) is 69.9 Å². The number of phosphoric acid groups is 1. The quantitative estimate of drug-likeness (QED) is 0.0469. The minimum absolute atomic E-state index is 0.0672. The molecule has 9 N–H and O–H groups in total. The number of phosphoric ester groups is 1. The number of carbonyl (C=O) groups is 6. The normalized spacial score (nSPS) is 17.4. The molecule has 0 saturated carbocycles. The standard InChI is InChI=1S/C40H63N8O11P/c1-26(2)21-31(45-40(55)34-18-14-19-48(34)28(4)50)37(52)44-32(22-30-23-42-25-43-30)38(53)46-33(24-49)39(54)47-35(36(41)51)27(3)59-60(56,57)58-20-13-8-6-5-7-10-15-29-16-11-9-12-17-29/h9,11-12,16-17,23,25-27,31-35,49H,5-8,10,13-15,18-22,24H2,1-4H3,(H2,41,51)(H,42,43)(H,44,52)(H,45,55)(H,46,53)(H,47,54)(H,56,57)/t27-,31+,32+,33+,34+,35+/m1/s1. The number of aromatic amines is 1. The van der Waals surface area contributed by atoms with Crippen molar-refractivity contribution in [2.24, 2.45) is 11.7 Å². The van der Waals surface area contributed by atoms with Gasteiger partial charge in [0.1, 0.15) is 30.2 Å². The van der Waals surface area contributed by atoms with Gasteiger partial charge in [0.05, 0.1) is 25.6 Å². The van der Waals surface area contributed by atoms with Crippen molar-refractivity contribution in [1.82, 2.24) is 36.1 Å². The summed E-state index contributed by atoms with van der Waals surface area (Å²) in [5, 5.41) is 20.1. The number of benzene rings is 1. The lowest BCUT2D eigenvalue weighted by molar-refractivity contribution is -0.139. The third-order valence-corrected chi connectivity index (χ3v) is 11.2. The first-order chi connectivity index (χ1) is 28.5. The highest BCUT2D eigenvalue weighted by molar-refractivity contribution is 7.47. The van der Waals surface area contributed by atoms with Crippen molar-refractivity contribution in [3.63, 3.8) is 0 Å². The number of imidazole rings is 1. The maximum Gasteiger partial charge on any atom is 0.472 e. The van der Waals surface area contributed by atoms with Gasteiger partial charge in [-0.3, -0.25) is 37.8 Å². The molecule has 7 atom stereocenters. The number of amides is 6. The van der Waals surface area contributed by atoms with Gasteiger partial charge >= 0.3 is 7.82 Å². The Hall–Kier alpha value is -4.68. The molecule has 1 aliphatic rings. The fraction of sp³-hybridized carbons (Fsp3) is 0.625. The number of H-pyrrole nitrogens is 1. The Labute approximate surface area is 351 Å². The van der Waals surface area contributed by atoms with Crippen molar-refractivity contribution in [3.8, 4) is 0 Å². The van der Waals surface area contributed by atoms with E-state index >= 15 is 0 Å². The number of aryl methyl sites for hydroxylation is 1. The van der Waals surface area contributed by atoms with Gasteiger partial charge in [-0.05, 0) is 56.9 Å². The fourth-order valence-electron chi connectivity index (χ4n) is 6.89. The molecule has 1 aromatic heterocycles. The maximum atomic E-state index is 13.7. The van der Waals surface area contributed by atoms with Crippen LogP contribution in [0.25, 0.3) is 0 Å². The number of hydrogen-bond donors (Lipinski definition) is 8. The predicted molar refractivity (Wildman–Crippen MR) is 220 cm³/mol. The van der Waals surface area contributed by atoms with Crippen LogP contribution in [0.2, 0.25) is 0 Å². The number of nitrogens with two attached hydrogens (primary N) is 1. The van der Waals surface area contributed by atoms with Crippen molar-refractivity contribution < 1.29 is 52.4 Å². The van der Waals surface area contributed by atoms with Crippen LogP contribution < -0.4 is 27.0 Å². The number of nitrogens with one attached hydrogen (secondary N) is 5. The zero-order valence-electron chi connectivity index (χ0n) is 35.0. The fourth-order valence-corrected chi connectivity index (χ4v) is 7.85. The molecule has 1 saturated heterocycles. The summed E-state index contributed by atoms with van der Waals surface area (Å²) in [6.07, 6.45) is 8.73. The molecule has 2 aromatic rings. The largest absolute Gasteiger partial charge is 0.472 e. The Balaban J connectivity index is 1.56. The van der Waals surface area contributed by atoms with E-state index < -0.39 is 80.3 Å². The van der Waals surface area contributed by atoms with Gasteiger partial charge in [0.25, 0.3) is 0 Å². The van der Waals surface area contributed by atoms with E-state index in [1.165, 1.54) is 36.8 Å². The van der Waals surface area contributed by atoms with Crippen molar-refractivity contribution in [1.29, 1.82) is 0 Å². The molecule has 19 nitrogen and oxygen atoms in total. The molecule has 1 aromatic carbocycles. The lowest BCUT2D eigenvalue weighted by Crippen LogP contribution is -2.61. The molecule has 334 valence electrons. The molecule has 1 unspecified atom stereocenters. The van der Waals surface area contributed by atoms with Crippen LogP contribution in [-0.4, -0.2) is 116 Å². The lowest BCUT2D eigenvalue weighted by Gasteiger charge is -2.28. The molecule has 20 heteroatoms. The van der Waals surface area contributed by atoms with Gasteiger partial charge in [-0.25, -0.2) is 9.55 Å². The predicted octanol–water partition coefficient (Wildman–Crippen LogP) is 1.53. The third kappa shape index (κ3) is 17.1. The van der Waals surface area contributed by atoms with E-state index in [4.69, 9.17) is 14.8 Å². The molecule has 0 spiro atoms. The van der Waals surface area contributed by atoms with Crippen LogP contribution in [-0.2, 0) is 55.2 Å². The molecule has 2 heterocycles. The number of carbonyl (C=O) groups excluding carboxylic acids is 6. The molecular formula is C40H63N8O11P. The van der Waals surface area contributed by atoms with Gasteiger partial charge in [0.2, 0.25) is 35.4 Å². The van der Waals surface area contributed by atoms with E-state index in [9.17, 15) is 43.3 Å². The molecule has 60 heavy (non-hydrogen) atoms. The molecule has 0 bridgehead atoms. The number of aliphatic hydroxyl groups excluding tert-OH is 1. The SMILES string of the molecule is CC(=O)N1CCC[C@H]1C(=O)N[C@@H](CC(C)C)C(=O)N[C@@H](Cc1cnc[nH]1)C(=O)N[C@@H](CO)C(=O)N[C@H](C(N)=O)[C@@H](C)OP(=O)(O)OCCCCCCCCc1ccccc1. The number of likely N-dealkylation sites (tertiary alicyclic amines) is 1. The average molecular weight is 863 g/mol. The zero-order chi connectivity index (χ0) is 44.2. The van der Waals surface area contributed by atoms with E-state index in [-0.39, 0.29) is 31.3 Å². The highest BCUT2D eigenvalue weighted by Gasteiger charge is 2.37. The minimum atomic E-state index is -4.70. The number of primary amides is 1. The highest BCUT2D eigenvalue weighted by atomic mass is 31.2. The van der Waals surface area contributed by atoms with Crippen LogP contribution in [0.15, 0.2) is 42.9 Å². The topological polar surface area (TPSA) is 284 Å². The van der Waals surface area contributed by atoms with Crippen molar-refractivity contribution in [2.75, 3.05) is 19.8 Å². The van der Waals surface area contributed by atoms with Gasteiger partial charge in [-0.15, -0.1) is 0 Å². The Morgan fingerprint density at radius 2 is 1.55 bits per heavy atom. The van der Waals surface area contributed by atoms with Crippen molar-refractivity contribution >= 4 is 43.3 Å². The number of nitrogens with zero attached hydrogens (tertiary/aromatic N) is 2. The Morgan fingerprint density at radius 1 is 0.917 bits per heavy atom. The summed E-state index contributed by atoms with van der Waals surface area (Å²) in [6.45, 7) is 5.65. The maximum absolute atomic E-state index is 13.7. The minimum Gasteiger partial charge on any atom is -0.394 e. The molecule has 1 fully saturated rings. The van der Waals surface area contributed by atoms with Crippen LogP contribution in [0, 0.1) is 5.92 Å². The van der Waals surface area contributed by atoms with Crippen LogP contribution in [0.3, 0.4) is 0 Å². The van der Waals surface area contributed by atoms with Crippen LogP contribution in [0.1, 0.15) is 96.7 Å². The van der Waals surface area contributed by atoms with E-state index in [1.54, 1.807) is 0 Å². The van der Waals surface area contributed by atoms with Crippen LogP contribution >= 0.6 is 7.82 Å². The van der Waals surface area contributed by atoms with Gasteiger partial charge < -0.3 is 46.9 Å². The molecule has 3 rings (SSSR count). The summed E-state index contributed by atoms with van der Waals surface area (Å²) >= 11 is 0. The third-order valence-electron chi connectivity index (χ3n) is 10.1. The number of rotatable bonds is 27. The van der Waals surface area contributed by atoms with Gasteiger partial charge in [0.15, 0.2) is 0 Å². The van der Waals surface area contributed by atoms with Gasteiger partial charge in [0, 0.05) is 31.8 Å². The van der Waals surface area contributed by atoms with E-state index in [2.05, 4.69) is 43.4 Å². The summed E-state index contributed by atoms with van der Waals surface area (Å²) < 4.78 is 22.9. The second-order valence-electron chi connectivity index (χ2n) is 15.5.